The number of oxazole rings is 1. The molecule has 176 valence electrons. The van der Waals surface area contributed by atoms with Crippen molar-refractivity contribution in [2.24, 2.45) is 0 Å². The van der Waals surface area contributed by atoms with Crippen LogP contribution < -0.4 is 5.32 Å². The average Bonchev–Trinajstić information content (AvgIpc) is 3.50. The molecule has 34 heavy (non-hydrogen) atoms. The van der Waals surface area contributed by atoms with E-state index in [9.17, 15) is 4.79 Å². The normalized spacial score (nSPS) is 11.6. The van der Waals surface area contributed by atoms with Crippen molar-refractivity contribution in [2.45, 2.75) is 52.4 Å². The first kappa shape index (κ1) is 23.5. The summed E-state index contributed by atoms with van der Waals surface area (Å²) in [7, 11) is 0. The lowest BCUT2D eigenvalue weighted by atomic mass is 9.87. The number of hydrogen-bond acceptors (Lipinski definition) is 5. The molecule has 0 unspecified atom stereocenters. The van der Waals surface area contributed by atoms with Gasteiger partial charge in [-0.25, -0.2) is 4.98 Å². The van der Waals surface area contributed by atoms with E-state index in [4.69, 9.17) is 8.83 Å². The molecule has 6 heteroatoms. The number of nitrogens with one attached hydrogen (secondary N) is 1. The summed E-state index contributed by atoms with van der Waals surface area (Å²) >= 11 is 0. The van der Waals surface area contributed by atoms with Crippen LogP contribution in [-0.2, 0) is 31.6 Å². The Labute approximate surface area is 200 Å². The molecule has 0 fully saturated rings. The third-order valence-electron chi connectivity index (χ3n) is 5.62. The third-order valence-corrected chi connectivity index (χ3v) is 5.62. The topological polar surface area (TPSA) is 71.5 Å². The fourth-order valence-corrected chi connectivity index (χ4v) is 3.73. The van der Waals surface area contributed by atoms with Crippen LogP contribution in [0.3, 0.4) is 0 Å². The maximum atomic E-state index is 12.4. The van der Waals surface area contributed by atoms with E-state index >= 15 is 0 Å². The minimum Gasteiger partial charge on any atom is -0.467 e. The van der Waals surface area contributed by atoms with Crippen molar-refractivity contribution in [1.29, 1.82) is 0 Å². The number of amides is 1. The fourth-order valence-electron chi connectivity index (χ4n) is 3.73. The molecule has 1 N–H and O–H groups in total. The van der Waals surface area contributed by atoms with Gasteiger partial charge in [-0.05, 0) is 34.2 Å². The fraction of sp³-hybridized carbons (Fsp3) is 0.286. The van der Waals surface area contributed by atoms with E-state index in [-0.39, 0.29) is 17.0 Å². The molecule has 2 aromatic carbocycles. The number of nitrogens with zero attached hydrogens (tertiary/aromatic N) is 2. The van der Waals surface area contributed by atoms with Crippen LogP contribution in [0.2, 0.25) is 0 Å². The van der Waals surface area contributed by atoms with E-state index in [0.29, 0.717) is 24.7 Å². The lowest BCUT2D eigenvalue weighted by Gasteiger charge is -2.23. The second kappa shape index (κ2) is 10.5. The minimum atomic E-state index is -0.293. The first-order valence-corrected chi connectivity index (χ1v) is 11.5. The number of rotatable bonds is 9. The maximum absolute atomic E-state index is 12.4. The molecular weight excluding hydrogens is 426 g/mol. The molecule has 0 bridgehead atoms. The van der Waals surface area contributed by atoms with Crippen molar-refractivity contribution in [3.8, 4) is 0 Å². The van der Waals surface area contributed by atoms with Gasteiger partial charge in [0.25, 0.3) is 5.91 Å². The van der Waals surface area contributed by atoms with Crippen molar-refractivity contribution < 1.29 is 13.6 Å². The zero-order valence-electron chi connectivity index (χ0n) is 20.0. The second-order valence-electron chi connectivity index (χ2n) is 9.47. The van der Waals surface area contributed by atoms with Crippen molar-refractivity contribution >= 4 is 5.91 Å². The summed E-state index contributed by atoms with van der Waals surface area (Å²) in [4.78, 5) is 19.1. The number of furan rings is 1. The third kappa shape index (κ3) is 6.45. The van der Waals surface area contributed by atoms with Crippen LogP contribution in [0.15, 0.2) is 88.1 Å². The molecule has 0 radical (unpaired) electrons. The van der Waals surface area contributed by atoms with Crippen LogP contribution in [0.1, 0.15) is 59.6 Å². The van der Waals surface area contributed by atoms with Gasteiger partial charge >= 0.3 is 0 Å². The van der Waals surface area contributed by atoms with Crippen LogP contribution in [0.4, 0.5) is 0 Å². The number of benzene rings is 2. The Bertz CT molecular complexity index is 1170. The molecule has 2 aromatic heterocycles. The molecule has 6 nitrogen and oxygen atoms in total. The second-order valence-corrected chi connectivity index (χ2v) is 9.47. The van der Waals surface area contributed by atoms with Gasteiger partial charge in [-0.2, -0.15) is 0 Å². The van der Waals surface area contributed by atoms with E-state index in [0.717, 1.165) is 13.1 Å². The van der Waals surface area contributed by atoms with E-state index in [2.05, 4.69) is 72.4 Å². The van der Waals surface area contributed by atoms with Gasteiger partial charge in [0.15, 0.2) is 5.69 Å². The lowest BCUT2D eigenvalue weighted by Crippen LogP contribution is -2.24. The predicted octanol–water partition coefficient (Wildman–Crippen LogP) is 5.70. The number of carbonyl (C=O) groups excluding carboxylic acids is 1. The molecule has 0 saturated heterocycles. The van der Waals surface area contributed by atoms with Gasteiger partial charge < -0.3 is 14.2 Å². The Hall–Kier alpha value is -3.64. The van der Waals surface area contributed by atoms with Gasteiger partial charge in [-0.1, -0.05) is 75.4 Å². The molecule has 0 atom stereocenters. The van der Waals surface area contributed by atoms with Gasteiger partial charge in [0.1, 0.15) is 12.0 Å². The molecule has 0 spiro atoms. The van der Waals surface area contributed by atoms with E-state index < -0.39 is 0 Å². The van der Waals surface area contributed by atoms with Crippen LogP contribution in [0, 0.1) is 0 Å². The summed E-state index contributed by atoms with van der Waals surface area (Å²) in [6.45, 7) is 8.92. The van der Waals surface area contributed by atoms with Gasteiger partial charge in [-0.3, -0.25) is 9.69 Å². The molecule has 0 aliphatic carbocycles. The highest BCUT2D eigenvalue weighted by Crippen LogP contribution is 2.23. The highest BCUT2D eigenvalue weighted by atomic mass is 16.3. The highest BCUT2D eigenvalue weighted by Gasteiger charge is 2.17. The van der Waals surface area contributed by atoms with Crippen LogP contribution in [0.25, 0.3) is 0 Å². The molecule has 4 rings (SSSR count). The molecular formula is C28H31N3O3. The first-order valence-electron chi connectivity index (χ1n) is 11.5. The number of hydrogen-bond donors (Lipinski definition) is 1. The van der Waals surface area contributed by atoms with Crippen molar-refractivity contribution in [2.75, 3.05) is 0 Å². The van der Waals surface area contributed by atoms with Crippen LogP contribution in [0.5, 0.6) is 0 Å². The summed E-state index contributed by atoms with van der Waals surface area (Å²) in [5, 5.41) is 2.80. The monoisotopic (exact) mass is 457 g/mol. The summed E-state index contributed by atoms with van der Waals surface area (Å²) in [6, 6.07) is 22.7. The summed E-state index contributed by atoms with van der Waals surface area (Å²) in [5.41, 5.74) is 4.11. The Morgan fingerprint density at radius 2 is 1.59 bits per heavy atom. The van der Waals surface area contributed by atoms with Crippen LogP contribution in [-0.4, -0.2) is 15.8 Å². The first-order chi connectivity index (χ1) is 16.4. The van der Waals surface area contributed by atoms with Gasteiger partial charge in [-0.15, -0.1) is 0 Å². The molecule has 4 aromatic rings. The minimum absolute atomic E-state index is 0.119. The smallest absolute Gasteiger partial charge is 0.273 e. The van der Waals surface area contributed by atoms with E-state index in [1.54, 1.807) is 12.3 Å². The summed E-state index contributed by atoms with van der Waals surface area (Å²) < 4.78 is 10.9. The van der Waals surface area contributed by atoms with Crippen molar-refractivity contribution in [1.82, 2.24) is 15.2 Å². The Morgan fingerprint density at radius 1 is 0.882 bits per heavy atom. The number of carbonyl (C=O) groups is 1. The van der Waals surface area contributed by atoms with Crippen molar-refractivity contribution in [3.05, 3.63) is 113 Å². The Balaban J connectivity index is 1.44. The average molecular weight is 458 g/mol. The zero-order chi connectivity index (χ0) is 24.0. The zero-order valence-corrected chi connectivity index (χ0v) is 20.0. The van der Waals surface area contributed by atoms with Crippen LogP contribution >= 0.6 is 0 Å². The molecule has 2 heterocycles. The van der Waals surface area contributed by atoms with E-state index in [1.807, 2.05) is 24.3 Å². The Morgan fingerprint density at radius 3 is 2.24 bits per heavy atom. The highest BCUT2D eigenvalue weighted by molar-refractivity contribution is 5.91. The lowest BCUT2D eigenvalue weighted by molar-refractivity contribution is 0.0943. The van der Waals surface area contributed by atoms with Crippen molar-refractivity contribution in [3.63, 3.8) is 0 Å². The number of aromatic nitrogens is 1. The van der Waals surface area contributed by atoms with Gasteiger partial charge in [0.2, 0.25) is 5.89 Å². The molecule has 1 amide bonds. The Kier molecular flexibility index (Phi) is 7.28. The van der Waals surface area contributed by atoms with E-state index in [1.165, 1.54) is 23.0 Å². The largest absolute Gasteiger partial charge is 0.467 e. The van der Waals surface area contributed by atoms with Gasteiger partial charge in [0.05, 0.1) is 19.4 Å². The SMILES string of the molecule is CC(C)(C)c1ccc(CN(Cc2ccccc2)Cc2nc(C(=O)NCc3ccco3)co2)cc1. The maximum Gasteiger partial charge on any atom is 0.273 e. The standard InChI is InChI=1S/C28H31N3O3/c1-28(2,3)23-13-11-22(12-14-23)18-31(17-21-8-5-4-6-9-21)19-26-30-25(20-34-26)27(32)29-16-24-10-7-15-33-24/h4-15,20H,16-19H2,1-3H3,(H,29,32). The molecule has 0 aliphatic heterocycles. The quantitative estimate of drug-likeness (QED) is 0.349. The molecule has 0 saturated carbocycles. The molecule has 0 aliphatic rings. The van der Waals surface area contributed by atoms with Gasteiger partial charge in [0, 0.05) is 13.1 Å². The summed E-state index contributed by atoms with van der Waals surface area (Å²) in [6.07, 6.45) is 2.99. The predicted molar refractivity (Wildman–Crippen MR) is 131 cm³/mol. The summed E-state index contributed by atoms with van der Waals surface area (Å²) in [5.74, 6) is 0.896.